The second-order valence-corrected chi connectivity index (χ2v) is 4.82. The lowest BCUT2D eigenvalue weighted by Crippen LogP contribution is -2.42. The van der Waals surface area contributed by atoms with E-state index in [1.165, 1.54) is 12.1 Å². The van der Waals surface area contributed by atoms with E-state index < -0.39 is 0 Å². The van der Waals surface area contributed by atoms with Crippen molar-refractivity contribution in [3.8, 4) is 0 Å². The maximum Gasteiger partial charge on any atom is 0.239 e. The number of rotatable bonds is 7. The highest BCUT2D eigenvalue weighted by molar-refractivity contribution is 5.85. The van der Waals surface area contributed by atoms with Gasteiger partial charge in [0.2, 0.25) is 11.8 Å². The molecule has 1 aromatic rings. The van der Waals surface area contributed by atoms with E-state index in [2.05, 4.69) is 10.6 Å². The molecule has 0 bridgehead atoms. The summed E-state index contributed by atoms with van der Waals surface area (Å²) in [5, 5.41) is 5.09. The van der Waals surface area contributed by atoms with Crippen LogP contribution in [0.2, 0.25) is 0 Å². The summed E-state index contributed by atoms with van der Waals surface area (Å²) >= 11 is 0. The van der Waals surface area contributed by atoms with Gasteiger partial charge in [-0.25, -0.2) is 4.39 Å². The molecule has 7 heteroatoms. The molecule has 1 atom stereocenters. The number of hydrogen-bond donors (Lipinski definition) is 3. The molecule has 0 saturated carbocycles. The molecule has 21 heavy (non-hydrogen) atoms. The topological polar surface area (TPSA) is 87.5 Å². The number of benzene rings is 1. The van der Waals surface area contributed by atoms with Crippen LogP contribution >= 0.6 is 0 Å². The Kier molecular flexibility index (Phi) is 6.77. The summed E-state index contributed by atoms with van der Waals surface area (Å²) in [6.07, 6.45) is 0. The van der Waals surface area contributed by atoms with Crippen LogP contribution < -0.4 is 16.4 Å². The van der Waals surface area contributed by atoms with E-state index in [1.807, 2.05) is 19.0 Å². The summed E-state index contributed by atoms with van der Waals surface area (Å²) in [6, 6.07) is 6.08. The predicted octanol–water partition coefficient (Wildman–Crippen LogP) is -0.380. The van der Waals surface area contributed by atoms with E-state index in [0.717, 1.165) is 5.56 Å². The number of nitrogens with two attached hydrogens (primary N) is 1. The minimum atomic E-state index is -0.389. The zero-order valence-corrected chi connectivity index (χ0v) is 12.2. The van der Waals surface area contributed by atoms with Gasteiger partial charge in [0.25, 0.3) is 0 Å². The number of likely N-dealkylation sites (N-methyl/N-ethyl adjacent to an activating group) is 1. The van der Waals surface area contributed by atoms with Gasteiger partial charge in [0.05, 0.1) is 19.1 Å². The summed E-state index contributed by atoms with van der Waals surface area (Å²) in [4.78, 5) is 24.5. The average molecular weight is 296 g/mol. The maximum atomic E-state index is 13.3. The highest BCUT2D eigenvalue weighted by atomic mass is 19.1. The second-order valence-electron chi connectivity index (χ2n) is 4.82. The van der Waals surface area contributed by atoms with Crippen molar-refractivity contribution >= 4 is 11.8 Å². The van der Waals surface area contributed by atoms with Crippen molar-refractivity contribution in [3.63, 3.8) is 0 Å². The minimum absolute atomic E-state index is 0.126. The smallest absolute Gasteiger partial charge is 0.239 e. The Balaban J connectivity index is 2.56. The SMILES string of the molecule is CN(C)C(CNC(=O)CNC(=O)CN)c1cccc(F)c1. The largest absolute Gasteiger partial charge is 0.353 e. The molecule has 0 aliphatic carbocycles. The van der Waals surface area contributed by atoms with Gasteiger partial charge in [0.1, 0.15) is 5.82 Å². The molecule has 4 N–H and O–H groups in total. The van der Waals surface area contributed by atoms with Crippen LogP contribution in [0.25, 0.3) is 0 Å². The molecule has 2 amide bonds. The standard InChI is InChI=1S/C14H21FN4O2/c1-19(2)12(10-4-3-5-11(15)6-10)8-17-14(21)9-18-13(20)7-16/h3-6,12H,7-9,16H2,1-2H3,(H,17,21)(H,18,20). The molecule has 0 spiro atoms. The van der Waals surface area contributed by atoms with Gasteiger partial charge >= 0.3 is 0 Å². The Morgan fingerprint density at radius 1 is 1.29 bits per heavy atom. The molecule has 0 aliphatic rings. The van der Waals surface area contributed by atoms with Crippen LogP contribution in [0.1, 0.15) is 11.6 Å². The first-order chi connectivity index (χ1) is 9.93. The number of nitrogens with zero attached hydrogens (tertiary/aromatic N) is 1. The zero-order chi connectivity index (χ0) is 15.8. The second kappa shape index (κ2) is 8.33. The predicted molar refractivity (Wildman–Crippen MR) is 77.9 cm³/mol. The number of carbonyl (C=O) groups is 2. The number of amides is 2. The average Bonchev–Trinajstić information content (AvgIpc) is 2.44. The molecule has 1 rings (SSSR count). The lowest BCUT2D eigenvalue weighted by atomic mass is 10.1. The van der Waals surface area contributed by atoms with Crippen molar-refractivity contribution in [2.45, 2.75) is 6.04 Å². The van der Waals surface area contributed by atoms with Crippen molar-refractivity contribution in [2.24, 2.45) is 5.73 Å². The number of carbonyl (C=O) groups excluding carboxylic acids is 2. The summed E-state index contributed by atoms with van der Waals surface area (Å²) in [7, 11) is 3.69. The fourth-order valence-electron chi connectivity index (χ4n) is 1.84. The Labute approximate surface area is 123 Å². The summed E-state index contributed by atoms with van der Waals surface area (Å²) in [5.74, 6) is -1.03. The van der Waals surface area contributed by atoms with Crippen molar-refractivity contribution in [3.05, 3.63) is 35.6 Å². The third-order valence-electron chi connectivity index (χ3n) is 2.98. The van der Waals surface area contributed by atoms with E-state index in [-0.39, 0.29) is 36.8 Å². The summed E-state index contributed by atoms with van der Waals surface area (Å²) in [5.41, 5.74) is 5.89. The highest BCUT2D eigenvalue weighted by Crippen LogP contribution is 2.18. The van der Waals surface area contributed by atoms with Crippen molar-refractivity contribution in [2.75, 3.05) is 33.7 Å². The molecule has 0 aliphatic heterocycles. The van der Waals surface area contributed by atoms with E-state index >= 15 is 0 Å². The maximum absolute atomic E-state index is 13.3. The van der Waals surface area contributed by atoms with Crippen LogP contribution in [0.3, 0.4) is 0 Å². The molecule has 6 nitrogen and oxygen atoms in total. The Morgan fingerprint density at radius 2 is 2.00 bits per heavy atom. The molecule has 0 heterocycles. The fourth-order valence-corrected chi connectivity index (χ4v) is 1.84. The van der Waals surface area contributed by atoms with Crippen molar-refractivity contribution in [1.29, 1.82) is 0 Å². The van der Waals surface area contributed by atoms with Crippen LogP contribution in [0.15, 0.2) is 24.3 Å². The molecular formula is C14H21FN4O2. The third kappa shape index (κ3) is 5.88. The number of nitrogens with one attached hydrogen (secondary N) is 2. The first-order valence-corrected chi connectivity index (χ1v) is 6.59. The lowest BCUT2D eigenvalue weighted by molar-refractivity contribution is -0.125. The van der Waals surface area contributed by atoms with E-state index in [1.54, 1.807) is 12.1 Å². The van der Waals surface area contributed by atoms with Crippen LogP contribution in [-0.2, 0) is 9.59 Å². The molecule has 0 fully saturated rings. The molecule has 1 aromatic carbocycles. The third-order valence-corrected chi connectivity index (χ3v) is 2.98. The van der Waals surface area contributed by atoms with Gasteiger partial charge in [0, 0.05) is 6.54 Å². The van der Waals surface area contributed by atoms with Crippen LogP contribution in [0.5, 0.6) is 0 Å². The highest BCUT2D eigenvalue weighted by Gasteiger charge is 2.16. The number of halogens is 1. The molecule has 116 valence electrons. The van der Waals surface area contributed by atoms with E-state index in [4.69, 9.17) is 5.73 Å². The van der Waals surface area contributed by atoms with Gasteiger partial charge < -0.3 is 21.3 Å². The normalized spacial score (nSPS) is 12.0. The number of hydrogen-bond acceptors (Lipinski definition) is 4. The fraction of sp³-hybridized carbons (Fsp3) is 0.429. The van der Waals surface area contributed by atoms with Crippen LogP contribution in [0, 0.1) is 5.82 Å². The Morgan fingerprint density at radius 3 is 2.57 bits per heavy atom. The van der Waals surface area contributed by atoms with E-state index in [0.29, 0.717) is 6.54 Å². The molecular weight excluding hydrogens is 275 g/mol. The van der Waals surface area contributed by atoms with Gasteiger partial charge in [-0.15, -0.1) is 0 Å². The van der Waals surface area contributed by atoms with Crippen LogP contribution in [0.4, 0.5) is 4.39 Å². The lowest BCUT2D eigenvalue weighted by Gasteiger charge is -2.25. The minimum Gasteiger partial charge on any atom is -0.353 e. The molecule has 0 radical (unpaired) electrons. The summed E-state index contributed by atoms with van der Waals surface area (Å²) in [6.45, 7) is 0.0318. The van der Waals surface area contributed by atoms with Gasteiger partial charge in [0.15, 0.2) is 0 Å². The Bertz CT molecular complexity index is 494. The van der Waals surface area contributed by atoms with Gasteiger partial charge in [-0.3, -0.25) is 9.59 Å². The van der Waals surface area contributed by atoms with Gasteiger partial charge in [-0.2, -0.15) is 0 Å². The van der Waals surface area contributed by atoms with Gasteiger partial charge in [-0.1, -0.05) is 12.1 Å². The first kappa shape index (κ1) is 17.1. The Hall–Kier alpha value is -1.99. The molecule has 0 saturated heterocycles. The first-order valence-electron chi connectivity index (χ1n) is 6.59. The van der Waals surface area contributed by atoms with Crippen LogP contribution in [-0.4, -0.2) is 50.4 Å². The molecule has 1 unspecified atom stereocenters. The van der Waals surface area contributed by atoms with Crippen molar-refractivity contribution in [1.82, 2.24) is 15.5 Å². The zero-order valence-electron chi connectivity index (χ0n) is 12.2. The van der Waals surface area contributed by atoms with Gasteiger partial charge in [-0.05, 0) is 31.8 Å². The quantitative estimate of drug-likeness (QED) is 0.640. The molecule has 0 aromatic heterocycles. The summed E-state index contributed by atoms with van der Waals surface area (Å²) < 4.78 is 13.3. The monoisotopic (exact) mass is 296 g/mol. The van der Waals surface area contributed by atoms with Crippen molar-refractivity contribution < 1.29 is 14.0 Å². The van der Waals surface area contributed by atoms with E-state index in [9.17, 15) is 14.0 Å².